The summed E-state index contributed by atoms with van der Waals surface area (Å²) in [6.45, 7) is 5.03. The second kappa shape index (κ2) is 7.94. The molecule has 0 aliphatic carbocycles. The summed E-state index contributed by atoms with van der Waals surface area (Å²) in [6, 6.07) is 7.63. The minimum absolute atomic E-state index is 0.170. The van der Waals surface area contributed by atoms with Crippen LogP contribution in [0.3, 0.4) is 0 Å². The summed E-state index contributed by atoms with van der Waals surface area (Å²) in [5, 5.41) is 6.17. The zero-order valence-electron chi connectivity index (χ0n) is 12.8. The fourth-order valence-corrected chi connectivity index (χ4v) is 2.58. The minimum atomic E-state index is -0.170. The fraction of sp³-hybridized carbons (Fsp3) is 0.294. The molecule has 0 unspecified atom stereocenters. The van der Waals surface area contributed by atoms with E-state index < -0.39 is 0 Å². The molecule has 0 aliphatic heterocycles. The van der Waals surface area contributed by atoms with Crippen LogP contribution in [0.25, 0.3) is 0 Å². The Morgan fingerprint density at radius 3 is 2.82 bits per heavy atom. The Bertz CT molecular complexity index is 658. The summed E-state index contributed by atoms with van der Waals surface area (Å²) in [6.07, 6.45) is 5.52. The number of amides is 1. The number of anilines is 2. The molecule has 22 heavy (non-hydrogen) atoms. The van der Waals surface area contributed by atoms with E-state index in [2.05, 4.69) is 38.5 Å². The molecule has 0 spiro atoms. The van der Waals surface area contributed by atoms with Crippen LogP contribution in [0, 0.1) is 6.92 Å². The summed E-state index contributed by atoms with van der Waals surface area (Å²) in [7, 11) is 0. The first-order valence-electron chi connectivity index (χ1n) is 7.36. The van der Waals surface area contributed by atoms with Gasteiger partial charge in [0.05, 0.1) is 16.9 Å². The fourth-order valence-electron chi connectivity index (χ4n) is 1.99. The van der Waals surface area contributed by atoms with E-state index in [0.29, 0.717) is 5.56 Å². The Hall–Kier alpha value is -1.88. The van der Waals surface area contributed by atoms with Crippen molar-refractivity contribution >= 4 is 33.2 Å². The number of carbonyl (C=O) groups excluding carboxylic acids is 1. The van der Waals surface area contributed by atoms with Crippen molar-refractivity contribution in [1.82, 2.24) is 4.98 Å². The summed E-state index contributed by atoms with van der Waals surface area (Å²) in [5.74, 6) is -0.170. The largest absolute Gasteiger partial charge is 0.384 e. The molecular weight excluding hydrogens is 342 g/mol. The lowest BCUT2D eigenvalue weighted by molar-refractivity contribution is 0.102. The highest BCUT2D eigenvalue weighted by molar-refractivity contribution is 9.10. The van der Waals surface area contributed by atoms with E-state index in [1.165, 1.54) is 0 Å². The van der Waals surface area contributed by atoms with Crippen LogP contribution in [0.15, 0.2) is 41.1 Å². The van der Waals surface area contributed by atoms with Gasteiger partial charge >= 0.3 is 0 Å². The number of nitrogens with zero attached hydrogens (tertiary/aromatic N) is 1. The van der Waals surface area contributed by atoms with Crippen LogP contribution in [0.4, 0.5) is 11.4 Å². The van der Waals surface area contributed by atoms with Gasteiger partial charge in [-0.05, 0) is 53.0 Å². The van der Waals surface area contributed by atoms with Crippen LogP contribution >= 0.6 is 15.9 Å². The third kappa shape index (κ3) is 4.56. The summed E-state index contributed by atoms with van der Waals surface area (Å²) < 4.78 is 0.867. The normalized spacial score (nSPS) is 10.3. The van der Waals surface area contributed by atoms with Crippen LogP contribution in [-0.2, 0) is 0 Å². The lowest BCUT2D eigenvalue weighted by Gasteiger charge is -2.10. The average Bonchev–Trinajstić information content (AvgIpc) is 2.50. The maximum atomic E-state index is 12.3. The maximum absolute atomic E-state index is 12.3. The highest BCUT2D eigenvalue weighted by Crippen LogP contribution is 2.24. The Labute approximate surface area is 139 Å². The number of aryl methyl sites for hydroxylation is 1. The molecule has 1 heterocycles. The number of carbonyl (C=O) groups is 1. The van der Waals surface area contributed by atoms with Crippen molar-refractivity contribution in [2.24, 2.45) is 0 Å². The number of rotatable bonds is 6. The standard InChI is InChI=1S/C17H20BrN3O/c1-3-4-7-20-14-9-13(10-19-11-14)17(22)21-16-6-5-12(2)8-15(16)18/h5-6,8-11,20H,3-4,7H2,1-2H3,(H,21,22). The number of aromatic nitrogens is 1. The number of unbranched alkanes of at least 4 members (excludes halogenated alkanes) is 1. The van der Waals surface area contributed by atoms with E-state index in [1.807, 2.05) is 31.2 Å². The molecule has 0 atom stereocenters. The summed E-state index contributed by atoms with van der Waals surface area (Å²) >= 11 is 3.46. The lowest BCUT2D eigenvalue weighted by Crippen LogP contribution is -2.13. The van der Waals surface area contributed by atoms with E-state index >= 15 is 0 Å². The quantitative estimate of drug-likeness (QED) is 0.738. The maximum Gasteiger partial charge on any atom is 0.257 e. The third-order valence-electron chi connectivity index (χ3n) is 3.23. The van der Waals surface area contributed by atoms with E-state index in [4.69, 9.17) is 0 Å². The lowest BCUT2D eigenvalue weighted by atomic mass is 10.2. The number of hydrogen-bond acceptors (Lipinski definition) is 3. The van der Waals surface area contributed by atoms with E-state index in [1.54, 1.807) is 12.4 Å². The van der Waals surface area contributed by atoms with E-state index in [9.17, 15) is 4.79 Å². The smallest absolute Gasteiger partial charge is 0.257 e. The average molecular weight is 362 g/mol. The molecule has 4 nitrogen and oxygen atoms in total. The summed E-state index contributed by atoms with van der Waals surface area (Å²) in [4.78, 5) is 16.5. The van der Waals surface area contributed by atoms with E-state index in [-0.39, 0.29) is 5.91 Å². The third-order valence-corrected chi connectivity index (χ3v) is 3.89. The van der Waals surface area contributed by atoms with E-state index in [0.717, 1.165) is 40.8 Å². The molecule has 2 rings (SSSR count). The first-order valence-corrected chi connectivity index (χ1v) is 8.16. The Morgan fingerprint density at radius 1 is 1.27 bits per heavy atom. The van der Waals surface area contributed by atoms with Crippen LogP contribution in [0.1, 0.15) is 35.7 Å². The van der Waals surface area contributed by atoms with Gasteiger partial charge in [-0.15, -0.1) is 0 Å². The number of nitrogens with one attached hydrogen (secondary N) is 2. The molecule has 0 saturated carbocycles. The van der Waals surface area contributed by atoms with Gasteiger partial charge in [0.2, 0.25) is 0 Å². The van der Waals surface area contributed by atoms with Gasteiger partial charge in [0.15, 0.2) is 0 Å². The van der Waals surface area contributed by atoms with Crippen LogP contribution in [-0.4, -0.2) is 17.4 Å². The Morgan fingerprint density at radius 2 is 2.09 bits per heavy atom. The highest BCUT2D eigenvalue weighted by atomic mass is 79.9. The van der Waals surface area contributed by atoms with Gasteiger partial charge in [0.1, 0.15) is 0 Å². The van der Waals surface area contributed by atoms with Crippen molar-refractivity contribution in [3.05, 3.63) is 52.3 Å². The van der Waals surface area contributed by atoms with Crippen molar-refractivity contribution in [1.29, 1.82) is 0 Å². The molecule has 0 saturated heterocycles. The molecule has 0 radical (unpaired) electrons. The molecular formula is C17H20BrN3O. The molecule has 2 N–H and O–H groups in total. The van der Waals surface area contributed by atoms with Crippen molar-refractivity contribution in [2.45, 2.75) is 26.7 Å². The molecule has 2 aromatic rings. The Kier molecular flexibility index (Phi) is 5.95. The molecule has 0 fully saturated rings. The SMILES string of the molecule is CCCCNc1cncc(C(=O)Nc2ccc(C)cc2Br)c1. The predicted octanol–water partition coefficient (Wildman–Crippen LogP) is 4.62. The number of pyridine rings is 1. The second-order valence-electron chi connectivity index (χ2n) is 5.18. The summed E-state index contributed by atoms with van der Waals surface area (Å²) in [5.41, 5.74) is 3.28. The first kappa shape index (κ1) is 16.5. The number of benzene rings is 1. The van der Waals surface area contributed by atoms with Crippen molar-refractivity contribution in [2.75, 3.05) is 17.2 Å². The number of halogens is 1. The Balaban J connectivity index is 2.07. The van der Waals surface area contributed by atoms with Crippen LogP contribution in [0.5, 0.6) is 0 Å². The van der Waals surface area contributed by atoms with Gasteiger partial charge in [-0.3, -0.25) is 9.78 Å². The van der Waals surface area contributed by atoms with Gasteiger partial charge in [-0.25, -0.2) is 0 Å². The number of hydrogen-bond donors (Lipinski definition) is 2. The molecule has 1 amide bonds. The topological polar surface area (TPSA) is 54.0 Å². The van der Waals surface area contributed by atoms with Crippen molar-refractivity contribution in [3.8, 4) is 0 Å². The molecule has 1 aromatic heterocycles. The van der Waals surface area contributed by atoms with Gasteiger partial charge < -0.3 is 10.6 Å². The first-order chi connectivity index (χ1) is 10.6. The highest BCUT2D eigenvalue weighted by Gasteiger charge is 2.09. The molecule has 116 valence electrons. The zero-order valence-corrected chi connectivity index (χ0v) is 14.4. The molecule has 1 aromatic carbocycles. The molecule has 5 heteroatoms. The predicted molar refractivity (Wildman–Crippen MR) is 94.5 cm³/mol. The second-order valence-corrected chi connectivity index (χ2v) is 6.03. The van der Waals surface area contributed by atoms with Gasteiger partial charge in [0.25, 0.3) is 5.91 Å². The minimum Gasteiger partial charge on any atom is -0.384 e. The van der Waals surface area contributed by atoms with Gasteiger partial charge in [-0.1, -0.05) is 19.4 Å². The van der Waals surface area contributed by atoms with Crippen molar-refractivity contribution < 1.29 is 4.79 Å². The molecule has 0 aliphatic rings. The monoisotopic (exact) mass is 361 g/mol. The van der Waals surface area contributed by atoms with Crippen molar-refractivity contribution in [3.63, 3.8) is 0 Å². The molecule has 0 bridgehead atoms. The van der Waals surface area contributed by atoms with Crippen LogP contribution < -0.4 is 10.6 Å². The zero-order chi connectivity index (χ0) is 15.9. The van der Waals surface area contributed by atoms with Gasteiger partial charge in [0, 0.05) is 23.4 Å². The van der Waals surface area contributed by atoms with Crippen LogP contribution in [0.2, 0.25) is 0 Å². The van der Waals surface area contributed by atoms with Gasteiger partial charge in [-0.2, -0.15) is 0 Å².